The van der Waals surface area contributed by atoms with E-state index in [-0.39, 0.29) is 29.7 Å². The molecule has 0 aromatic heterocycles. The molecule has 0 aliphatic carbocycles. The van der Waals surface area contributed by atoms with Gasteiger partial charge in [0.05, 0.1) is 11.1 Å². The molecule has 1 rings (SSSR count). The maximum Gasteiger partial charge on any atom is 0.341 e. The number of aldehydes is 2. The van der Waals surface area contributed by atoms with Crippen molar-refractivity contribution in [3.8, 4) is 5.75 Å². The van der Waals surface area contributed by atoms with Gasteiger partial charge in [-0.05, 0) is 18.6 Å². The molecule has 0 heterocycles. The highest BCUT2D eigenvalue weighted by Crippen LogP contribution is 2.23. The summed E-state index contributed by atoms with van der Waals surface area (Å²) in [4.78, 5) is 58.6. The lowest BCUT2D eigenvalue weighted by atomic mass is 10.0. The van der Waals surface area contributed by atoms with Crippen molar-refractivity contribution in [1.29, 1.82) is 0 Å². The third-order valence-electron chi connectivity index (χ3n) is 3.66. The van der Waals surface area contributed by atoms with E-state index in [1.807, 2.05) is 0 Å². The molecule has 140 valence electrons. The monoisotopic (exact) mass is 364 g/mol. The van der Waals surface area contributed by atoms with Crippen LogP contribution in [0.5, 0.6) is 5.75 Å². The number of amides is 2. The van der Waals surface area contributed by atoms with Crippen LogP contribution in [0.25, 0.3) is 0 Å². The van der Waals surface area contributed by atoms with Crippen LogP contribution in [0.3, 0.4) is 0 Å². The van der Waals surface area contributed by atoms with E-state index in [9.17, 15) is 24.0 Å². The van der Waals surface area contributed by atoms with Gasteiger partial charge in [-0.3, -0.25) is 14.4 Å². The molecule has 0 radical (unpaired) electrons. The Hall–Kier alpha value is -3.23. The van der Waals surface area contributed by atoms with Gasteiger partial charge in [0.1, 0.15) is 18.1 Å². The van der Waals surface area contributed by atoms with Crippen molar-refractivity contribution in [2.75, 3.05) is 20.7 Å². The molecule has 0 aliphatic heterocycles. The fraction of sp³-hybridized carbons (Fsp3) is 0.353. The predicted octanol–water partition coefficient (Wildman–Crippen LogP) is 0.128. The van der Waals surface area contributed by atoms with Gasteiger partial charge in [0.25, 0.3) is 5.91 Å². The second-order valence-electron chi connectivity index (χ2n) is 5.31. The molecule has 0 fully saturated rings. The van der Waals surface area contributed by atoms with Crippen LogP contribution in [0.2, 0.25) is 0 Å². The highest BCUT2D eigenvalue weighted by molar-refractivity contribution is 6.04. The van der Waals surface area contributed by atoms with Gasteiger partial charge in [-0.1, -0.05) is 6.07 Å². The maximum absolute atomic E-state index is 12.8. The molecule has 1 atom stereocenters. The van der Waals surface area contributed by atoms with Crippen LogP contribution in [0.4, 0.5) is 0 Å². The molecule has 0 saturated heterocycles. The van der Waals surface area contributed by atoms with E-state index in [0.29, 0.717) is 12.6 Å². The second-order valence-corrected chi connectivity index (χ2v) is 5.31. The van der Waals surface area contributed by atoms with Gasteiger partial charge in [0.2, 0.25) is 5.91 Å². The van der Waals surface area contributed by atoms with Crippen LogP contribution in [0, 0.1) is 0 Å². The molecule has 1 aromatic carbocycles. The Bertz CT molecular complexity index is 702. The standard InChI is InChI=1S/C17H20N2O7/c1-18-16(24)13(6-4-8-20)19(2)17(25)11-5-3-7-14(12(11)9-21)26-10-15(22)23/h3,5,7-9,13H,4,6,10H2,1-2H3,(H,18,24)(H,22,23). The van der Waals surface area contributed by atoms with Crippen molar-refractivity contribution >= 4 is 30.4 Å². The third kappa shape index (κ3) is 5.13. The van der Waals surface area contributed by atoms with Gasteiger partial charge in [-0.2, -0.15) is 0 Å². The number of nitrogens with one attached hydrogen (secondary N) is 1. The average Bonchev–Trinajstić information content (AvgIpc) is 2.64. The Kier molecular flexibility index (Phi) is 7.94. The topological polar surface area (TPSA) is 130 Å². The number of nitrogens with zero attached hydrogens (tertiary/aromatic N) is 1. The van der Waals surface area contributed by atoms with Crippen molar-refractivity contribution in [2.45, 2.75) is 18.9 Å². The minimum atomic E-state index is -1.23. The number of likely N-dealkylation sites (N-methyl/N-ethyl adjacent to an activating group) is 2. The summed E-state index contributed by atoms with van der Waals surface area (Å²) in [6, 6.07) is 3.27. The molecule has 1 aromatic rings. The van der Waals surface area contributed by atoms with Crippen molar-refractivity contribution < 1.29 is 33.8 Å². The molecule has 0 spiro atoms. The SMILES string of the molecule is CNC(=O)C(CCC=O)N(C)C(=O)c1cccc(OCC(=O)O)c1C=O. The molecule has 2 amide bonds. The van der Waals surface area contributed by atoms with Crippen LogP contribution < -0.4 is 10.1 Å². The van der Waals surface area contributed by atoms with E-state index in [0.717, 1.165) is 4.90 Å². The maximum atomic E-state index is 12.8. The van der Waals surface area contributed by atoms with Gasteiger partial charge in [0, 0.05) is 20.5 Å². The number of carbonyl (C=O) groups is 5. The summed E-state index contributed by atoms with van der Waals surface area (Å²) in [5.41, 5.74) is -0.151. The first kappa shape index (κ1) is 20.8. The first-order valence-corrected chi connectivity index (χ1v) is 7.72. The zero-order valence-electron chi connectivity index (χ0n) is 14.4. The smallest absolute Gasteiger partial charge is 0.341 e. The predicted molar refractivity (Wildman–Crippen MR) is 90.2 cm³/mol. The van der Waals surface area contributed by atoms with E-state index < -0.39 is 30.4 Å². The third-order valence-corrected chi connectivity index (χ3v) is 3.66. The quantitative estimate of drug-likeness (QED) is 0.564. The summed E-state index contributed by atoms with van der Waals surface area (Å²) < 4.78 is 5.03. The number of carboxylic acid groups (broad SMARTS) is 1. The number of ether oxygens (including phenoxy) is 1. The van der Waals surface area contributed by atoms with Crippen molar-refractivity contribution in [1.82, 2.24) is 10.2 Å². The lowest BCUT2D eigenvalue weighted by Gasteiger charge is -2.27. The number of hydrogen-bond acceptors (Lipinski definition) is 6. The summed E-state index contributed by atoms with van der Waals surface area (Å²) in [6.07, 6.45) is 1.24. The van der Waals surface area contributed by atoms with Crippen molar-refractivity contribution in [2.24, 2.45) is 0 Å². The molecule has 9 heteroatoms. The van der Waals surface area contributed by atoms with Crippen LogP contribution >= 0.6 is 0 Å². The summed E-state index contributed by atoms with van der Waals surface area (Å²) >= 11 is 0. The molecule has 0 bridgehead atoms. The van der Waals surface area contributed by atoms with E-state index >= 15 is 0 Å². The average molecular weight is 364 g/mol. The van der Waals surface area contributed by atoms with Crippen LogP contribution in [0.1, 0.15) is 33.6 Å². The van der Waals surface area contributed by atoms with Gasteiger partial charge in [-0.15, -0.1) is 0 Å². The van der Waals surface area contributed by atoms with Crippen LogP contribution in [0.15, 0.2) is 18.2 Å². The summed E-state index contributed by atoms with van der Waals surface area (Å²) in [6.45, 7) is -0.672. The second kappa shape index (κ2) is 9.92. The lowest BCUT2D eigenvalue weighted by Crippen LogP contribution is -2.47. The molecule has 26 heavy (non-hydrogen) atoms. The van der Waals surface area contributed by atoms with E-state index in [2.05, 4.69) is 5.32 Å². The molecule has 0 saturated carbocycles. The zero-order valence-corrected chi connectivity index (χ0v) is 14.4. The molecular weight excluding hydrogens is 344 g/mol. The Morgan fingerprint density at radius 1 is 1.31 bits per heavy atom. The first-order chi connectivity index (χ1) is 12.4. The molecule has 0 aliphatic rings. The fourth-order valence-electron chi connectivity index (χ4n) is 2.34. The number of hydrogen-bond donors (Lipinski definition) is 2. The number of rotatable bonds is 10. The number of aliphatic carboxylic acids is 1. The van der Waals surface area contributed by atoms with Crippen molar-refractivity contribution in [3.63, 3.8) is 0 Å². The summed E-state index contributed by atoms with van der Waals surface area (Å²) in [5.74, 6) is -2.36. The van der Waals surface area contributed by atoms with Crippen LogP contribution in [-0.2, 0) is 14.4 Å². The zero-order chi connectivity index (χ0) is 19.7. The van der Waals surface area contributed by atoms with E-state index in [4.69, 9.17) is 9.84 Å². The van der Waals surface area contributed by atoms with Gasteiger partial charge in [-0.25, -0.2) is 4.79 Å². The number of carboxylic acids is 1. The van der Waals surface area contributed by atoms with Crippen LogP contribution in [-0.4, -0.2) is 67.1 Å². The fourth-order valence-corrected chi connectivity index (χ4v) is 2.34. The lowest BCUT2D eigenvalue weighted by molar-refractivity contribution is -0.139. The molecule has 2 N–H and O–H groups in total. The summed E-state index contributed by atoms with van der Waals surface area (Å²) in [5, 5.41) is 11.1. The molecule has 1 unspecified atom stereocenters. The number of benzene rings is 1. The minimum Gasteiger partial charge on any atom is -0.481 e. The van der Waals surface area contributed by atoms with Gasteiger partial charge in [0.15, 0.2) is 12.9 Å². The normalized spacial score (nSPS) is 11.2. The number of carbonyl (C=O) groups excluding carboxylic acids is 4. The highest BCUT2D eigenvalue weighted by atomic mass is 16.5. The Morgan fingerprint density at radius 3 is 2.54 bits per heavy atom. The van der Waals surface area contributed by atoms with Gasteiger partial charge < -0.3 is 24.9 Å². The van der Waals surface area contributed by atoms with Gasteiger partial charge >= 0.3 is 5.97 Å². The van der Waals surface area contributed by atoms with E-state index in [1.165, 1.54) is 32.3 Å². The Morgan fingerprint density at radius 2 is 2.00 bits per heavy atom. The summed E-state index contributed by atoms with van der Waals surface area (Å²) in [7, 11) is 2.79. The Labute approximate surface area is 149 Å². The first-order valence-electron chi connectivity index (χ1n) is 7.72. The van der Waals surface area contributed by atoms with Crippen molar-refractivity contribution in [3.05, 3.63) is 29.3 Å². The van der Waals surface area contributed by atoms with E-state index in [1.54, 1.807) is 0 Å². The highest BCUT2D eigenvalue weighted by Gasteiger charge is 2.28. The molecule has 9 nitrogen and oxygen atoms in total. The molecular formula is C17H20N2O7. The Balaban J connectivity index is 3.18. The largest absolute Gasteiger partial charge is 0.481 e. The minimum absolute atomic E-state index is 0.0367.